The van der Waals surface area contributed by atoms with Crippen LogP contribution < -0.4 is 5.32 Å². The largest absolute Gasteiger partial charge is 0.372 e. The van der Waals surface area contributed by atoms with Gasteiger partial charge in [-0.05, 0) is 81.2 Å². The summed E-state index contributed by atoms with van der Waals surface area (Å²) in [5, 5.41) is 3.91. The molecule has 1 aromatic carbocycles. The van der Waals surface area contributed by atoms with Gasteiger partial charge in [0.2, 0.25) is 5.91 Å². The monoisotopic (exact) mass is 404 g/mol. The third-order valence-corrected chi connectivity index (χ3v) is 6.26. The minimum Gasteiger partial charge on any atom is -0.372 e. The smallest absolute Gasteiger partial charge is 0.246 e. The Balaban J connectivity index is 1.34. The van der Waals surface area contributed by atoms with E-state index in [1.165, 1.54) is 36.9 Å². The number of carbonyl (C=O) groups excluding carboxylic acids is 1. The average molecular weight is 405 g/mol. The molecule has 0 saturated heterocycles. The maximum absolute atomic E-state index is 11.8. The van der Waals surface area contributed by atoms with Crippen molar-refractivity contribution in [2.75, 3.05) is 32.8 Å². The highest BCUT2D eigenvalue weighted by molar-refractivity contribution is 6.30. The minimum absolute atomic E-state index is 0.0295. The van der Waals surface area contributed by atoms with Crippen molar-refractivity contribution in [2.45, 2.75) is 51.5 Å². The summed E-state index contributed by atoms with van der Waals surface area (Å²) >= 11 is 5.99. The van der Waals surface area contributed by atoms with E-state index in [1.807, 2.05) is 19.1 Å². The molecule has 1 heterocycles. The number of hydrogen-bond donors (Lipinski definition) is 1. The van der Waals surface area contributed by atoms with E-state index < -0.39 is 0 Å². The van der Waals surface area contributed by atoms with Gasteiger partial charge in [0.25, 0.3) is 0 Å². The van der Waals surface area contributed by atoms with Gasteiger partial charge < -0.3 is 10.1 Å². The Morgan fingerprint density at radius 2 is 1.96 bits per heavy atom. The van der Waals surface area contributed by atoms with E-state index in [0.29, 0.717) is 12.6 Å². The van der Waals surface area contributed by atoms with E-state index >= 15 is 0 Å². The van der Waals surface area contributed by atoms with Crippen LogP contribution in [0.2, 0.25) is 5.02 Å². The number of hydrogen-bond acceptors (Lipinski definition) is 3. The molecule has 1 amide bonds. The Bertz CT molecular complexity index is 651. The highest BCUT2D eigenvalue weighted by atomic mass is 35.5. The lowest BCUT2D eigenvalue weighted by Gasteiger charge is -2.32. The average Bonchev–Trinajstić information content (AvgIpc) is 2.73. The molecular weight excluding hydrogens is 372 g/mol. The molecule has 1 aliphatic carbocycles. The van der Waals surface area contributed by atoms with Crippen LogP contribution in [0, 0.1) is 5.92 Å². The molecule has 154 valence electrons. The summed E-state index contributed by atoms with van der Waals surface area (Å²) < 4.78 is 5.18. The molecule has 0 radical (unpaired) electrons. The van der Waals surface area contributed by atoms with Crippen LogP contribution in [-0.2, 0) is 9.53 Å². The van der Waals surface area contributed by atoms with Gasteiger partial charge in [0.05, 0.1) is 0 Å². The van der Waals surface area contributed by atoms with Gasteiger partial charge in [0.15, 0.2) is 0 Å². The van der Waals surface area contributed by atoms with Crippen LogP contribution in [0.15, 0.2) is 30.3 Å². The maximum atomic E-state index is 11.8. The van der Waals surface area contributed by atoms with Crippen LogP contribution in [-0.4, -0.2) is 49.7 Å². The lowest BCUT2D eigenvalue weighted by molar-refractivity contribution is -0.126. The maximum Gasteiger partial charge on any atom is 0.246 e. The Hall–Kier alpha value is -1.36. The molecule has 5 heteroatoms. The van der Waals surface area contributed by atoms with Gasteiger partial charge in [-0.1, -0.05) is 29.8 Å². The quantitative estimate of drug-likeness (QED) is 0.692. The molecule has 2 aliphatic rings. The number of rotatable bonds is 8. The number of carbonyl (C=O) groups is 1. The fourth-order valence-corrected chi connectivity index (χ4v) is 4.39. The van der Waals surface area contributed by atoms with Crippen molar-refractivity contribution < 1.29 is 9.53 Å². The standard InChI is InChI=1S/C23H33ClN2O2/c1-2-28-17-23(27)25-22-9-3-18(4-10-22)11-14-26-15-12-20(13-16-26)19-5-7-21(24)8-6-19/h5-8,12,18,22H,2-4,9-11,13-17H2,1H3,(H,25,27)/t18-,22-. The Morgan fingerprint density at radius 3 is 2.61 bits per heavy atom. The summed E-state index contributed by atoms with van der Waals surface area (Å²) in [4.78, 5) is 14.3. The third-order valence-electron chi connectivity index (χ3n) is 6.01. The van der Waals surface area contributed by atoms with Crippen LogP contribution >= 0.6 is 11.6 Å². The van der Waals surface area contributed by atoms with Crippen molar-refractivity contribution in [1.82, 2.24) is 10.2 Å². The SMILES string of the molecule is CCOCC(=O)N[C@H]1CC[C@H](CCN2CC=C(c3ccc(Cl)cc3)CC2)CC1. The number of nitrogens with one attached hydrogen (secondary N) is 1. The third kappa shape index (κ3) is 6.61. The molecule has 3 rings (SSSR count). The minimum atomic E-state index is 0.0295. The van der Waals surface area contributed by atoms with Gasteiger partial charge in [-0.2, -0.15) is 0 Å². The first kappa shape index (κ1) is 21.4. The Labute approximate surface area is 174 Å². The molecule has 1 aliphatic heterocycles. The topological polar surface area (TPSA) is 41.6 Å². The molecule has 1 saturated carbocycles. The molecule has 0 aromatic heterocycles. The summed E-state index contributed by atoms with van der Waals surface area (Å²) in [6, 6.07) is 8.52. The first-order chi connectivity index (χ1) is 13.6. The number of ether oxygens (including phenoxy) is 1. The lowest BCUT2D eigenvalue weighted by Crippen LogP contribution is -2.40. The van der Waals surface area contributed by atoms with E-state index in [9.17, 15) is 4.79 Å². The number of nitrogens with zero attached hydrogens (tertiary/aromatic N) is 1. The first-order valence-electron chi connectivity index (χ1n) is 10.7. The van der Waals surface area contributed by atoms with Gasteiger partial charge >= 0.3 is 0 Å². The summed E-state index contributed by atoms with van der Waals surface area (Å²) in [5.41, 5.74) is 2.74. The van der Waals surface area contributed by atoms with Gasteiger partial charge in [-0.3, -0.25) is 9.69 Å². The number of benzene rings is 1. The van der Waals surface area contributed by atoms with Gasteiger partial charge in [0.1, 0.15) is 6.61 Å². The van der Waals surface area contributed by atoms with E-state index in [2.05, 4.69) is 28.4 Å². The van der Waals surface area contributed by atoms with E-state index in [1.54, 1.807) is 0 Å². The van der Waals surface area contributed by atoms with Crippen molar-refractivity contribution in [2.24, 2.45) is 5.92 Å². The molecule has 1 fully saturated rings. The van der Waals surface area contributed by atoms with Crippen LogP contribution in [0.3, 0.4) is 0 Å². The van der Waals surface area contributed by atoms with Gasteiger partial charge in [-0.15, -0.1) is 0 Å². The summed E-state index contributed by atoms with van der Waals surface area (Å²) in [7, 11) is 0. The van der Waals surface area contributed by atoms with Crippen molar-refractivity contribution in [3.05, 3.63) is 40.9 Å². The lowest BCUT2D eigenvalue weighted by atomic mass is 9.84. The van der Waals surface area contributed by atoms with Crippen LogP contribution in [0.4, 0.5) is 0 Å². The molecule has 28 heavy (non-hydrogen) atoms. The summed E-state index contributed by atoms with van der Waals surface area (Å²) in [5.74, 6) is 0.823. The molecule has 1 aromatic rings. The van der Waals surface area contributed by atoms with Crippen molar-refractivity contribution in [1.29, 1.82) is 0 Å². The normalized spacial score (nSPS) is 23.3. The molecule has 4 nitrogen and oxygen atoms in total. The fourth-order valence-electron chi connectivity index (χ4n) is 4.27. The van der Waals surface area contributed by atoms with Crippen molar-refractivity contribution >= 4 is 23.1 Å². The van der Waals surface area contributed by atoms with Crippen LogP contribution in [0.5, 0.6) is 0 Å². The summed E-state index contributed by atoms with van der Waals surface area (Å²) in [6.07, 6.45) is 9.40. The zero-order valence-corrected chi connectivity index (χ0v) is 17.7. The van der Waals surface area contributed by atoms with Crippen molar-refractivity contribution in [3.8, 4) is 0 Å². The van der Waals surface area contributed by atoms with Crippen LogP contribution in [0.1, 0.15) is 51.0 Å². The van der Waals surface area contributed by atoms with Gasteiger partial charge in [-0.25, -0.2) is 0 Å². The zero-order chi connectivity index (χ0) is 19.8. The van der Waals surface area contributed by atoms with E-state index in [4.69, 9.17) is 16.3 Å². The molecule has 0 bridgehead atoms. The molecule has 1 N–H and O–H groups in total. The highest BCUT2D eigenvalue weighted by Gasteiger charge is 2.23. The zero-order valence-electron chi connectivity index (χ0n) is 17.0. The summed E-state index contributed by atoms with van der Waals surface area (Å²) in [6.45, 7) is 6.05. The first-order valence-corrected chi connectivity index (χ1v) is 11.1. The second-order valence-electron chi connectivity index (χ2n) is 8.00. The Morgan fingerprint density at radius 1 is 1.21 bits per heavy atom. The number of amides is 1. The molecule has 0 spiro atoms. The van der Waals surface area contributed by atoms with E-state index in [-0.39, 0.29) is 12.5 Å². The van der Waals surface area contributed by atoms with Gasteiger partial charge in [0, 0.05) is 30.8 Å². The van der Waals surface area contributed by atoms with Crippen LogP contribution in [0.25, 0.3) is 5.57 Å². The molecule has 0 atom stereocenters. The predicted octanol–water partition coefficient (Wildman–Crippen LogP) is 4.53. The van der Waals surface area contributed by atoms with Crippen molar-refractivity contribution in [3.63, 3.8) is 0 Å². The Kier molecular flexibility index (Phi) is 8.38. The predicted molar refractivity (Wildman–Crippen MR) is 115 cm³/mol. The second-order valence-corrected chi connectivity index (χ2v) is 8.43. The molecular formula is C23H33ClN2O2. The highest BCUT2D eigenvalue weighted by Crippen LogP contribution is 2.28. The number of halogens is 1. The molecule has 0 unspecified atom stereocenters. The second kappa shape index (κ2) is 11.0. The van der Waals surface area contributed by atoms with E-state index in [0.717, 1.165) is 43.3 Å². The fraction of sp³-hybridized carbons (Fsp3) is 0.609.